The van der Waals surface area contributed by atoms with Crippen molar-refractivity contribution in [2.75, 3.05) is 6.54 Å². The van der Waals surface area contributed by atoms with Crippen molar-refractivity contribution in [2.24, 2.45) is 5.73 Å². The van der Waals surface area contributed by atoms with E-state index in [0.717, 1.165) is 31.4 Å². The van der Waals surface area contributed by atoms with Gasteiger partial charge in [-0.25, -0.2) is 0 Å². The maximum absolute atomic E-state index is 12.0. The highest BCUT2D eigenvalue weighted by Crippen LogP contribution is 2.31. The molecule has 1 aromatic rings. The van der Waals surface area contributed by atoms with E-state index in [-0.39, 0.29) is 11.2 Å². The Bertz CT molecular complexity index is 495. The first-order valence-corrected chi connectivity index (χ1v) is 7.95. The number of Topliss-reactive ketones (excluding diaryl/α,β-unsaturated/α-hetero) is 1. The molecule has 118 valence electrons. The molecule has 0 aliphatic heterocycles. The second-order valence-electron chi connectivity index (χ2n) is 7.60. The predicted molar refractivity (Wildman–Crippen MR) is 90.8 cm³/mol. The van der Waals surface area contributed by atoms with E-state index in [0.29, 0.717) is 0 Å². The summed E-state index contributed by atoms with van der Waals surface area (Å²) in [7, 11) is 0. The fourth-order valence-corrected chi connectivity index (χ4v) is 2.31. The number of unbranched alkanes of at least 4 members (excludes halogenated alkanes) is 1. The lowest BCUT2D eigenvalue weighted by molar-refractivity contribution is -0.121. The average Bonchev–Trinajstić information content (AvgIpc) is 2.37. The van der Waals surface area contributed by atoms with Crippen molar-refractivity contribution < 1.29 is 4.79 Å². The van der Waals surface area contributed by atoms with Gasteiger partial charge >= 0.3 is 0 Å². The zero-order chi connectivity index (χ0) is 16.3. The largest absolute Gasteiger partial charge is 0.330 e. The maximum atomic E-state index is 12.0. The van der Waals surface area contributed by atoms with Gasteiger partial charge in [-0.2, -0.15) is 0 Å². The Morgan fingerprint density at radius 3 is 2.05 bits per heavy atom. The SMILES string of the molecule is CC(=O)C(C)(C)c1cc(CCCCN)cc(C(C)(C)C)c1. The number of ketones is 1. The second-order valence-corrected chi connectivity index (χ2v) is 7.60. The van der Waals surface area contributed by atoms with Crippen molar-refractivity contribution in [3.8, 4) is 0 Å². The minimum absolute atomic E-state index is 0.0888. The van der Waals surface area contributed by atoms with Crippen LogP contribution in [0.25, 0.3) is 0 Å². The van der Waals surface area contributed by atoms with E-state index in [9.17, 15) is 4.79 Å². The molecule has 0 aliphatic carbocycles. The van der Waals surface area contributed by atoms with E-state index >= 15 is 0 Å². The summed E-state index contributed by atoms with van der Waals surface area (Å²) < 4.78 is 0. The number of carbonyl (C=O) groups is 1. The van der Waals surface area contributed by atoms with Crippen molar-refractivity contribution in [2.45, 2.75) is 71.6 Å². The lowest BCUT2D eigenvalue weighted by Crippen LogP contribution is -2.27. The number of carbonyl (C=O) groups excluding carboxylic acids is 1. The molecule has 0 radical (unpaired) electrons. The van der Waals surface area contributed by atoms with Crippen LogP contribution in [-0.2, 0) is 22.0 Å². The zero-order valence-electron chi connectivity index (χ0n) is 14.5. The highest BCUT2D eigenvalue weighted by Gasteiger charge is 2.28. The quantitative estimate of drug-likeness (QED) is 0.800. The Labute approximate surface area is 130 Å². The molecular formula is C19H31NO. The van der Waals surface area contributed by atoms with Crippen molar-refractivity contribution in [3.05, 3.63) is 34.9 Å². The van der Waals surface area contributed by atoms with Crippen molar-refractivity contribution in [3.63, 3.8) is 0 Å². The van der Waals surface area contributed by atoms with Crippen LogP contribution in [0, 0.1) is 0 Å². The second kappa shape index (κ2) is 6.74. The molecule has 0 unspecified atom stereocenters. The first-order chi connectivity index (χ1) is 9.59. The number of benzene rings is 1. The maximum Gasteiger partial charge on any atom is 0.139 e. The summed E-state index contributed by atoms with van der Waals surface area (Å²) in [5.74, 6) is 0.210. The van der Waals surface area contributed by atoms with Gasteiger partial charge in [-0.05, 0) is 68.7 Å². The van der Waals surface area contributed by atoms with Gasteiger partial charge in [-0.15, -0.1) is 0 Å². The minimum Gasteiger partial charge on any atom is -0.330 e. The van der Waals surface area contributed by atoms with Crippen LogP contribution in [0.1, 0.15) is 71.1 Å². The predicted octanol–water partition coefficient (Wildman–Crippen LogP) is 4.13. The van der Waals surface area contributed by atoms with Gasteiger partial charge in [0, 0.05) is 5.41 Å². The monoisotopic (exact) mass is 289 g/mol. The molecule has 1 rings (SSSR count). The molecule has 2 N–H and O–H groups in total. The van der Waals surface area contributed by atoms with E-state index in [1.807, 2.05) is 13.8 Å². The molecule has 0 spiro atoms. The van der Waals surface area contributed by atoms with Gasteiger partial charge in [-0.1, -0.05) is 39.0 Å². The van der Waals surface area contributed by atoms with E-state index in [1.165, 1.54) is 11.1 Å². The number of rotatable bonds is 6. The smallest absolute Gasteiger partial charge is 0.139 e. The Balaban J connectivity index is 3.25. The van der Waals surface area contributed by atoms with Gasteiger partial charge in [-0.3, -0.25) is 4.79 Å². The molecule has 0 bridgehead atoms. The third-order valence-corrected chi connectivity index (χ3v) is 4.38. The van der Waals surface area contributed by atoms with Crippen LogP contribution < -0.4 is 5.73 Å². The third kappa shape index (κ3) is 4.67. The van der Waals surface area contributed by atoms with Crippen LogP contribution in [0.4, 0.5) is 0 Å². The summed E-state index contributed by atoms with van der Waals surface area (Å²) >= 11 is 0. The molecule has 0 aliphatic rings. The highest BCUT2D eigenvalue weighted by molar-refractivity contribution is 5.87. The van der Waals surface area contributed by atoms with Crippen LogP contribution in [0.3, 0.4) is 0 Å². The van der Waals surface area contributed by atoms with E-state index < -0.39 is 5.41 Å². The van der Waals surface area contributed by atoms with Gasteiger partial charge < -0.3 is 5.73 Å². The molecule has 0 saturated heterocycles. The number of nitrogens with two attached hydrogens (primary N) is 1. The van der Waals surface area contributed by atoms with Gasteiger partial charge in [0.2, 0.25) is 0 Å². The summed E-state index contributed by atoms with van der Waals surface area (Å²) in [6, 6.07) is 6.69. The van der Waals surface area contributed by atoms with Gasteiger partial charge in [0.25, 0.3) is 0 Å². The Morgan fingerprint density at radius 1 is 1.00 bits per heavy atom. The lowest BCUT2D eigenvalue weighted by atomic mass is 9.76. The van der Waals surface area contributed by atoms with E-state index in [4.69, 9.17) is 5.73 Å². The Kier molecular flexibility index (Phi) is 5.75. The molecule has 2 heteroatoms. The number of hydrogen-bond acceptors (Lipinski definition) is 2. The Hall–Kier alpha value is -1.15. The standard InChI is InChI=1S/C19H31NO/c1-14(21)19(5,6)17-12-15(9-7-8-10-20)11-16(13-17)18(2,3)4/h11-13H,7-10,20H2,1-6H3. The fraction of sp³-hybridized carbons (Fsp3) is 0.632. The molecule has 21 heavy (non-hydrogen) atoms. The molecule has 0 atom stereocenters. The summed E-state index contributed by atoms with van der Waals surface area (Å²) in [6.45, 7) is 13.1. The van der Waals surface area contributed by atoms with Gasteiger partial charge in [0.1, 0.15) is 5.78 Å². The zero-order valence-corrected chi connectivity index (χ0v) is 14.5. The highest BCUT2D eigenvalue weighted by atomic mass is 16.1. The van der Waals surface area contributed by atoms with Gasteiger partial charge in [0.05, 0.1) is 0 Å². The molecule has 1 aromatic carbocycles. The fourth-order valence-electron chi connectivity index (χ4n) is 2.31. The summed E-state index contributed by atoms with van der Waals surface area (Å²) in [5, 5.41) is 0. The van der Waals surface area contributed by atoms with Crippen molar-refractivity contribution in [1.82, 2.24) is 0 Å². The van der Waals surface area contributed by atoms with Crippen LogP contribution in [-0.4, -0.2) is 12.3 Å². The first-order valence-electron chi connectivity index (χ1n) is 7.95. The number of hydrogen-bond donors (Lipinski definition) is 1. The van der Waals surface area contributed by atoms with Gasteiger partial charge in [0.15, 0.2) is 0 Å². The molecular weight excluding hydrogens is 258 g/mol. The molecule has 0 heterocycles. The average molecular weight is 289 g/mol. The van der Waals surface area contributed by atoms with Crippen LogP contribution in [0.2, 0.25) is 0 Å². The molecule has 0 fully saturated rings. The van der Waals surface area contributed by atoms with Crippen LogP contribution >= 0.6 is 0 Å². The molecule has 0 amide bonds. The molecule has 2 nitrogen and oxygen atoms in total. The van der Waals surface area contributed by atoms with Crippen molar-refractivity contribution in [1.29, 1.82) is 0 Å². The third-order valence-electron chi connectivity index (χ3n) is 4.38. The van der Waals surface area contributed by atoms with Crippen molar-refractivity contribution >= 4 is 5.78 Å². The van der Waals surface area contributed by atoms with Crippen LogP contribution in [0.5, 0.6) is 0 Å². The van der Waals surface area contributed by atoms with E-state index in [2.05, 4.69) is 39.0 Å². The normalized spacial score (nSPS) is 12.5. The van der Waals surface area contributed by atoms with Crippen LogP contribution in [0.15, 0.2) is 18.2 Å². The topological polar surface area (TPSA) is 43.1 Å². The Morgan fingerprint density at radius 2 is 1.57 bits per heavy atom. The molecule has 0 saturated carbocycles. The summed E-state index contributed by atoms with van der Waals surface area (Å²) in [6.07, 6.45) is 3.18. The summed E-state index contributed by atoms with van der Waals surface area (Å²) in [5.41, 5.74) is 9.00. The summed E-state index contributed by atoms with van der Waals surface area (Å²) in [4.78, 5) is 12.0. The minimum atomic E-state index is -0.427. The number of aryl methyl sites for hydroxylation is 1. The molecule has 0 aromatic heterocycles. The first kappa shape index (κ1) is 17.9. The van der Waals surface area contributed by atoms with E-state index in [1.54, 1.807) is 6.92 Å². The lowest BCUT2D eigenvalue weighted by Gasteiger charge is -2.27.